The average molecular weight is 464 g/mol. The molecule has 0 aliphatic heterocycles. The van der Waals surface area contributed by atoms with Gasteiger partial charge in [0, 0.05) is 0 Å². The van der Waals surface area contributed by atoms with E-state index in [2.05, 4.69) is 15.4 Å². The summed E-state index contributed by atoms with van der Waals surface area (Å²) >= 11 is 0.982. The first-order valence-corrected chi connectivity index (χ1v) is 12.0. The van der Waals surface area contributed by atoms with Gasteiger partial charge in [-0.2, -0.15) is 9.62 Å². The molecule has 2 rings (SSSR count). The Morgan fingerprint density at radius 1 is 1.26 bits per heavy atom. The summed E-state index contributed by atoms with van der Waals surface area (Å²) in [5.41, 5.74) is 2.06. The maximum Gasteiger partial charge on any atom is 0.258 e. The fourth-order valence-electron chi connectivity index (χ4n) is 3.21. The lowest BCUT2D eigenvalue weighted by atomic mass is 9.85. The molecule has 0 spiro atoms. The predicted molar refractivity (Wildman–Crippen MR) is 122 cm³/mol. The number of rotatable bonds is 7. The molecule has 1 amide bonds. The zero-order valence-corrected chi connectivity index (χ0v) is 20.3. The van der Waals surface area contributed by atoms with Crippen molar-refractivity contribution in [2.75, 3.05) is 0 Å². The summed E-state index contributed by atoms with van der Waals surface area (Å²) in [4.78, 5) is 16.9. The minimum absolute atomic E-state index is 0.0284. The summed E-state index contributed by atoms with van der Waals surface area (Å²) < 4.78 is 16.9. The Morgan fingerprint density at radius 2 is 1.81 bits per heavy atom. The van der Waals surface area contributed by atoms with Gasteiger partial charge in [-0.3, -0.25) is 4.79 Å². The molecule has 7 nitrogen and oxygen atoms in total. The van der Waals surface area contributed by atoms with Crippen LogP contribution in [0.3, 0.4) is 0 Å². The number of aromatic nitrogens is 1. The Kier molecular flexibility index (Phi) is 8.11. The molecule has 0 saturated carbocycles. The molecule has 168 valence electrons. The third-order valence-electron chi connectivity index (χ3n) is 4.75. The molecule has 0 aliphatic carbocycles. The summed E-state index contributed by atoms with van der Waals surface area (Å²) in [6.07, 6.45) is -0.0284. The van der Waals surface area contributed by atoms with Crippen molar-refractivity contribution in [2.45, 2.75) is 76.2 Å². The fraction of sp³-hybridized carbons (Fsp3) is 0.500. The molecule has 1 heterocycles. The zero-order valence-electron chi connectivity index (χ0n) is 18.6. The molecular weight excluding hydrogens is 434 g/mol. The number of amides is 1. The first-order chi connectivity index (χ1) is 14.4. The Hall–Kier alpha value is -2.12. The Morgan fingerprint density at radius 3 is 2.23 bits per heavy atom. The molecule has 0 aliphatic rings. The number of aliphatic hydroxyl groups excluding tert-OH is 1. The Balaban J connectivity index is 2.47. The van der Waals surface area contributed by atoms with Crippen LogP contribution in [-0.4, -0.2) is 25.3 Å². The van der Waals surface area contributed by atoms with Gasteiger partial charge in [0.05, 0.1) is 41.0 Å². The van der Waals surface area contributed by atoms with Crippen molar-refractivity contribution < 1.29 is 19.2 Å². The van der Waals surface area contributed by atoms with Crippen molar-refractivity contribution >= 4 is 27.8 Å². The number of hydrogen-bond donors (Lipinski definition) is 3. The van der Waals surface area contributed by atoms with Gasteiger partial charge in [-0.05, 0) is 54.5 Å². The van der Waals surface area contributed by atoms with Gasteiger partial charge < -0.3 is 10.2 Å². The van der Waals surface area contributed by atoms with Gasteiger partial charge in [0.1, 0.15) is 14.8 Å². The smallest absolute Gasteiger partial charge is 0.258 e. The molecular formula is C22H29N3O4S2. The number of nitriles is 1. The van der Waals surface area contributed by atoms with Crippen LogP contribution in [0.1, 0.15) is 86.3 Å². The normalized spacial score (nSPS) is 13.1. The summed E-state index contributed by atoms with van der Waals surface area (Å²) in [6, 6.07) is 5.76. The molecule has 9 heteroatoms. The van der Waals surface area contributed by atoms with Crippen LogP contribution in [0.2, 0.25) is 0 Å². The van der Waals surface area contributed by atoms with E-state index < -0.39 is 28.7 Å². The summed E-state index contributed by atoms with van der Waals surface area (Å²) in [5, 5.41) is 29.3. The van der Waals surface area contributed by atoms with Gasteiger partial charge in [0.15, 0.2) is 0 Å². The third-order valence-corrected chi connectivity index (χ3v) is 7.71. The highest BCUT2D eigenvalue weighted by atomic mass is 32.2. The second-order valence-corrected chi connectivity index (χ2v) is 11.0. The zero-order chi connectivity index (χ0) is 23.5. The number of nitrogens with zero attached hydrogens (tertiary/aromatic N) is 3. The second kappa shape index (κ2) is 10.0. The van der Waals surface area contributed by atoms with Crippen LogP contribution in [0.5, 0.6) is 0 Å². The van der Waals surface area contributed by atoms with Gasteiger partial charge in [-0.25, -0.2) is 9.19 Å². The average Bonchev–Trinajstić information content (AvgIpc) is 3.12. The van der Waals surface area contributed by atoms with E-state index in [0.29, 0.717) is 10.6 Å². The third kappa shape index (κ3) is 5.98. The van der Waals surface area contributed by atoms with Crippen LogP contribution < -0.4 is 0 Å². The molecule has 1 atom stereocenters. The number of thiol groups is 1. The van der Waals surface area contributed by atoms with Gasteiger partial charge in [0.25, 0.3) is 5.91 Å². The van der Waals surface area contributed by atoms with Crippen LogP contribution in [0.15, 0.2) is 20.7 Å². The minimum atomic E-state index is -2.47. The molecule has 1 aromatic heterocycles. The first kappa shape index (κ1) is 25.1. The van der Waals surface area contributed by atoms with E-state index in [1.54, 1.807) is 12.1 Å². The minimum Gasteiger partial charge on any atom is -0.390 e. The molecule has 0 fully saturated rings. The van der Waals surface area contributed by atoms with E-state index in [9.17, 15) is 24.5 Å². The maximum absolute atomic E-state index is 12.8. The lowest BCUT2D eigenvalue weighted by Gasteiger charge is -2.19. The van der Waals surface area contributed by atoms with Gasteiger partial charge in [-0.1, -0.05) is 27.7 Å². The highest BCUT2D eigenvalue weighted by molar-refractivity contribution is 7.78. The predicted octanol–water partition coefficient (Wildman–Crippen LogP) is 3.77. The van der Waals surface area contributed by atoms with E-state index in [1.165, 1.54) is 13.8 Å². The van der Waals surface area contributed by atoms with Crippen molar-refractivity contribution in [1.82, 2.24) is 4.98 Å². The van der Waals surface area contributed by atoms with E-state index >= 15 is 0 Å². The van der Waals surface area contributed by atoms with Crippen molar-refractivity contribution in [1.29, 1.82) is 5.26 Å². The number of aliphatic hydroxyl groups is 2. The molecule has 2 aromatic rings. The van der Waals surface area contributed by atoms with Crippen molar-refractivity contribution in [3.05, 3.63) is 45.1 Å². The van der Waals surface area contributed by atoms with Crippen LogP contribution in [0.25, 0.3) is 0 Å². The van der Waals surface area contributed by atoms with E-state index in [-0.39, 0.29) is 28.2 Å². The largest absolute Gasteiger partial charge is 0.390 e. The van der Waals surface area contributed by atoms with E-state index in [0.717, 1.165) is 28.0 Å². The van der Waals surface area contributed by atoms with Crippen LogP contribution in [0, 0.1) is 11.3 Å². The lowest BCUT2D eigenvalue weighted by Crippen LogP contribution is -2.14. The highest BCUT2D eigenvalue weighted by Crippen LogP contribution is 2.31. The van der Waals surface area contributed by atoms with Gasteiger partial charge in [0.2, 0.25) is 0 Å². The standard InChI is InChI=1S/C22H29N3O4S2/c1-12(2)15-7-14(10-23)8-16(13(3)4)17(15)9-19(27)25-31(29)20-18(11-26)24-21(30-20)22(5,6)28/h7-8,12-13,26,28,31H,9,11H2,1-6H3. The Bertz CT molecular complexity index is 1070. The first-order valence-electron chi connectivity index (χ1n) is 10.0. The van der Waals surface area contributed by atoms with Crippen LogP contribution in [-0.2, 0) is 34.0 Å². The number of carbonyl (C=O) groups excluding carboxylic acids is 1. The monoisotopic (exact) mass is 463 g/mol. The fourth-order valence-corrected chi connectivity index (χ4v) is 5.42. The molecule has 0 radical (unpaired) electrons. The van der Waals surface area contributed by atoms with E-state index in [1.807, 2.05) is 27.7 Å². The molecule has 0 bridgehead atoms. The van der Waals surface area contributed by atoms with Crippen molar-refractivity contribution in [3.8, 4) is 6.07 Å². The Labute approximate surface area is 189 Å². The van der Waals surface area contributed by atoms with Crippen molar-refractivity contribution in [2.24, 2.45) is 4.36 Å². The van der Waals surface area contributed by atoms with Gasteiger partial charge >= 0.3 is 0 Å². The number of carbonyl (C=O) groups is 1. The molecule has 31 heavy (non-hydrogen) atoms. The second-order valence-electron chi connectivity index (χ2n) is 8.49. The number of benzene rings is 1. The highest BCUT2D eigenvalue weighted by Gasteiger charge is 2.24. The number of thiazole rings is 1. The lowest BCUT2D eigenvalue weighted by molar-refractivity contribution is -0.117. The number of hydrogen-bond acceptors (Lipinski definition) is 7. The SMILES string of the molecule is CC(C)c1cc(C#N)cc(C(C)C)c1CC(=O)N=[SH](=O)c1sc(C(C)(C)O)nc1CO. The summed E-state index contributed by atoms with van der Waals surface area (Å²) in [7, 11) is -2.47. The van der Waals surface area contributed by atoms with Crippen LogP contribution >= 0.6 is 11.3 Å². The summed E-state index contributed by atoms with van der Waals surface area (Å²) in [5.74, 6) is -0.352. The summed E-state index contributed by atoms with van der Waals surface area (Å²) in [6.45, 7) is 10.6. The molecule has 1 unspecified atom stereocenters. The topological polar surface area (TPSA) is 124 Å². The van der Waals surface area contributed by atoms with Crippen molar-refractivity contribution in [3.63, 3.8) is 0 Å². The van der Waals surface area contributed by atoms with Gasteiger partial charge in [-0.15, -0.1) is 11.3 Å². The molecule has 0 saturated heterocycles. The molecule has 2 N–H and O–H groups in total. The molecule has 1 aromatic carbocycles. The van der Waals surface area contributed by atoms with Crippen LogP contribution in [0.4, 0.5) is 0 Å². The van der Waals surface area contributed by atoms with E-state index in [4.69, 9.17) is 0 Å². The quantitative estimate of drug-likeness (QED) is 0.537. The maximum atomic E-state index is 12.8.